The summed E-state index contributed by atoms with van der Waals surface area (Å²) < 4.78 is 6.21. The quantitative estimate of drug-likeness (QED) is 0.410. The van der Waals surface area contributed by atoms with Gasteiger partial charge in [-0.25, -0.2) is 4.79 Å². The average molecular weight is 409 g/mol. The highest BCUT2D eigenvalue weighted by atomic mass is 79.9. The fourth-order valence-electron chi connectivity index (χ4n) is 2.56. The van der Waals surface area contributed by atoms with Gasteiger partial charge in [0.1, 0.15) is 0 Å². The standard InChI is InChI=1S/C22H17BrO3/c1-15(21(24)18-11-13-20(23)14-12-18)26-22(25)19-9-7-17(8-10-19)16-5-3-2-4-6-16/h2-15H,1H3/t15-/m0/s1. The SMILES string of the molecule is C[C@H](OC(=O)c1ccc(-c2ccccc2)cc1)C(=O)c1ccc(Br)cc1. The fourth-order valence-corrected chi connectivity index (χ4v) is 2.82. The van der Waals surface area contributed by atoms with Crippen LogP contribution in [-0.2, 0) is 4.74 Å². The molecule has 0 heterocycles. The van der Waals surface area contributed by atoms with Gasteiger partial charge in [0, 0.05) is 10.0 Å². The number of carbonyl (C=O) groups excluding carboxylic acids is 2. The van der Waals surface area contributed by atoms with Gasteiger partial charge in [-0.1, -0.05) is 70.5 Å². The Labute approximate surface area is 160 Å². The number of Topliss-reactive ketones (excluding diaryl/α,β-unsaturated/α-hetero) is 1. The number of ether oxygens (including phenoxy) is 1. The highest BCUT2D eigenvalue weighted by molar-refractivity contribution is 9.10. The van der Waals surface area contributed by atoms with Crippen LogP contribution in [0.25, 0.3) is 11.1 Å². The molecule has 0 spiro atoms. The molecule has 0 aliphatic carbocycles. The number of hydrogen-bond donors (Lipinski definition) is 0. The number of benzene rings is 3. The Kier molecular flexibility index (Phi) is 5.64. The van der Waals surface area contributed by atoms with Gasteiger partial charge in [-0.3, -0.25) is 4.79 Å². The number of halogens is 1. The summed E-state index contributed by atoms with van der Waals surface area (Å²) in [6.45, 7) is 1.58. The first-order valence-electron chi connectivity index (χ1n) is 8.21. The molecule has 0 fully saturated rings. The Hall–Kier alpha value is -2.72. The minimum atomic E-state index is -0.850. The molecule has 0 N–H and O–H groups in total. The van der Waals surface area contributed by atoms with Crippen molar-refractivity contribution in [1.82, 2.24) is 0 Å². The number of esters is 1. The zero-order valence-corrected chi connectivity index (χ0v) is 15.8. The molecule has 3 aromatic rings. The van der Waals surface area contributed by atoms with Crippen LogP contribution in [0.4, 0.5) is 0 Å². The second-order valence-corrected chi connectivity index (χ2v) is 6.78. The molecule has 3 nitrogen and oxygen atoms in total. The first kappa shape index (κ1) is 18.1. The molecule has 3 rings (SSSR count). The van der Waals surface area contributed by atoms with E-state index >= 15 is 0 Å². The molecule has 0 bridgehead atoms. The molecule has 0 aliphatic rings. The second kappa shape index (κ2) is 8.11. The third kappa shape index (κ3) is 4.27. The number of rotatable bonds is 5. The normalized spacial score (nSPS) is 11.6. The lowest BCUT2D eigenvalue weighted by Crippen LogP contribution is -2.24. The molecule has 3 aromatic carbocycles. The smallest absolute Gasteiger partial charge is 0.338 e. The molecule has 0 aliphatic heterocycles. The van der Waals surface area contributed by atoms with E-state index in [9.17, 15) is 9.59 Å². The van der Waals surface area contributed by atoms with Crippen molar-refractivity contribution in [1.29, 1.82) is 0 Å². The Bertz CT molecular complexity index is 900. The van der Waals surface area contributed by atoms with Crippen molar-refractivity contribution in [2.45, 2.75) is 13.0 Å². The topological polar surface area (TPSA) is 43.4 Å². The van der Waals surface area contributed by atoms with Gasteiger partial charge < -0.3 is 4.74 Å². The molecule has 1 atom stereocenters. The summed E-state index contributed by atoms with van der Waals surface area (Å²) in [5, 5.41) is 0. The predicted octanol–water partition coefficient (Wildman–Crippen LogP) is 5.54. The maximum atomic E-state index is 12.4. The third-order valence-corrected chi connectivity index (χ3v) is 4.54. The van der Waals surface area contributed by atoms with Gasteiger partial charge in [0.2, 0.25) is 5.78 Å². The van der Waals surface area contributed by atoms with E-state index < -0.39 is 12.1 Å². The minimum Gasteiger partial charge on any atom is -0.451 e. The summed E-state index contributed by atoms with van der Waals surface area (Å²) in [6, 6.07) is 24.0. The first-order valence-corrected chi connectivity index (χ1v) is 9.00. The molecule has 0 aromatic heterocycles. The van der Waals surface area contributed by atoms with E-state index in [1.54, 1.807) is 43.3 Å². The number of carbonyl (C=O) groups is 2. The molecular weight excluding hydrogens is 392 g/mol. The Morgan fingerprint density at radius 1 is 0.769 bits per heavy atom. The van der Waals surface area contributed by atoms with Crippen LogP contribution in [0.1, 0.15) is 27.6 Å². The molecule has 0 radical (unpaired) electrons. The lowest BCUT2D eigenvalue weighted by atomic mass is 10.0. The van der Waals surface area contributed by atoms with Crippen LogP contribution >= 0.6 is 15.9 Å². The van der Waals surface area contributed by atoms with Gasteiger partial charge >= 0.3 is 5.97 Å². The van der Waals surface area contributed by atoms with Crippen molar-refractivity contribution in [3.63, 3.8) is 0 Å². The molecular formula is C22H17BrO3. The van der Waals surface area contributed by atoms with Crippen molar-refractivity contribution in [2.24, 2.45) is 0 Å². The lowest BCUT2D eigenvalue weighted by Gasteiger charge is -2.13. The number of hydrogen-bond acceptors (Lipinski definition) is 3. The van der Waals surface area contributed by atoms with Crippen LogP contribution in [0, 0.1) is 0 Å². The van der Waals surface area contributed by atoms with E-state index in [4.69, 9.17) is 4.74 Å². The predicted molar refractivity (Wildman–Crippen MR) is 105 cm³/mol. The zero-order chi connectivity index (χ0) is 18.5. The van der Waals surface area contributed by atoms with Gasteiger partial charge in [-0.15, -0.1) is 0 Å². The highest BCUT2D eigenvalue weighted by Crippen LogP contribution is 2.20. The van der Waals surface area contributed by atoms with E-state index in [2.05, 4.69) is 15.9 Å². The lowest BCUT2D eigenvalue weighted by molar-refractivity contribution is 0.0319. The largest absolute Gasteiger partial charge is 0.451 e. The van der Waals surface area contributed by atoms with Crippen molar-refractivity contribution >= 4 is 27.7 Å². The highest BCUT2D eigenvalue weighted by Gasteiger charge is 2.20. The van der Waals surface area contributed by atoms with E-state index in [-0.39, 0.29) is 5.78 Å². The summed E-state index contributed by atoms with van der Waals surface area (Å²) in [4.78, 5) is 24.7. The summed E-state index contributed by atoms with van der Waals surface area (Å²) in [7, 11) is 0. The van der Waals surface area contributed by atoms with Crippen LogP contribution in [0.15, 0.2) is 83.3 Å². The van der Waals surface area contributed by atoms with Crippen molar-refractivity contribution < 1.29 is 14.3 Å². The molecule has 130 valence electrons. The van der Waals surface area contributed by atoms with Crippen LogP contribution in [-0.4, -0.2) is 17.9 Å². The summed E-state index contributed by atoms with van der Waals surface area (Å²) >= 11 is 3.33. The van der Waals surface area contributed by atoms with Crippen molar-refractivity contribution in [2.75, 3.05) is 0 Å². The average Bonchev–Trinajstić information content (AvgIpc) is 2.68. The molecule has 0 amide bonds. The van der Waals surface area contributed by atoms with Crippen LogP contribution in [0.3, 0.4) is 0 Å². The second-order valence-electron chi connectivity index (χ2n) is 5.86. The van der Waals surface area contributed by atoms with E-state index in [1.165, 1.54) is 0 Å². The fraction of sp³-hybridized carbons (Fsp3) is 0.0909. The van der Waals surface area contributed by atoms with Gasteiger partial charge in [0.15, 0.2) is 6.10 Å². The van der Waals surface area contributed by atoms with Gasteiger partial charge in [-0.05, 0) is 42.3 Å². The minimum absolute atomic E-state index is 0.230. The molecule has 0 unspecified atom stereocenters. The Morgan fingerprint density at radius 3 is 1.92 bits per heavy atom. The zero-order valence-electron chi connectivity index (χ0n) is 14.2. The van der Waals surface area contributed by atoms with E-state index in [1.807, 2.05) is 42.5 Å². The number of ketones is 1. The van der Waals surface area contributed by atoms with E-state index in [0.29, 0.717) is 11.1 Å². The Morgan fingerprint density at radius 2 is 1.31 bits per heavy atom. The van der Waals surface area contributed by atoms with Gasteiger partial charge in [0.05, 0.1) is 5.56 Å². The maximum Gasteiger partial charge on any atom is 0.338 e. The van der Waals surface area contributed by atoms with Crippen molar-refractivity contribution in [3.05, 3.63) is 94.5 Å². The summed E-state index contributed by atoms with van der Waals surface area (Å²) in [5.41, 5.74) is 3.01. The third-order valence-electron chi connectivity index (χ3n) is 4.01. The molecule has 26 heavy (non-hydrogen) atoms. The molecule has 0 saturated heterocycles. The summed E-state index contributed by atoms with van der Waals surface area (Å²) in [5.74, 6) is -0.741. The van der Waals surface area contributed by atoms with Gasteiger partial charge in [-0.2, -0.15) is 0 Å². The maximum absolute atomic E-state index is 12.4. The van der Waals surface area contributed by atoms with Crippen LogP contribution in [0.2, 0.25) is 0 Å². The molecule has 0 saturated carbocycles. The Balaban J connectivity index is 1.67. The molecule has 4 heteroatoms. The monoisotopic (exact) mass is 408 g/mol. The summed E-state index contributed by atoms with van der Waals surface area (Å²) in [6.07, 6.45) is -0.850. The van der Waals surface area contributed by atoms with Crippen LogP contribution in [0.5, 0.6) is 0 Å². The first-order chi connectivity index (χ1) is 12.5. The van der Waals surface area contributed by atoms with E-state index in [0.717, 1.165) is 15.6 Å². The van der Waals surface area contributed by atoms with Crippen molar-refractivity contribution in [3.8, 4) is 11.1 Å². The van der Waals surface area contributed by atoms with Crippen LogP contribution < -0.4 is 0 Å². The van der Waals surface area contributed by atoms with Gasteiger partial charge in [0.25, 0.3) is 0 Å².